The van der Waals surface area contributed by atoms with Crippen LogP contribution in [0.5, 0.6) is 0 Å². The van der Waals surface area contributed by atoms with Crippen molar-refractivity contribution < 1.29 is 4.79 Å². The van der Waals surface area contributed by atoms with Crippen molar-refractivity contribution in [3.05, 3.63) is 12.4 Å². The van der Waals surface area contributed by atoms with Gasteiger partial charge in [0.25, 0.3) is 0 Å². The highest BCUT2D eigenvalue weighted by atomic mass is 16.1. The molecule has 5 heteroatoms. The molecule has 0 aromatic carbocycles. The molecule has 2 fully saturated rings. The predicted octanol–water partition coefficient (Wildman–Crippen LogP) is 2.26. The van der Waals surface area contributed by atoms with E-state index in [-0.39, 0.29) is 12.5 Å². The maximum Gasteiger partial charge on any atom is 0.241 e. The molecule has 0 spiro atoms. The van der Waals surface area contributed by atoms with Gasteiger partial charge in [-0.25, -0.2) is 0 Å². The minimum Gasteiger partial charge on any atom is -0.379 e. The second kappa shape index (κ2) is 4.75. The van der Waals surface area contributed by atoms with E-state index in [2.05, 4.69) is 36.5 Å². The zero-order chi connectivity index (χ0) is 15.3. The molecule has 3 unspecified atom stereocenters. The number of fused-ring (bicyclic) bond motifs is 2. The minimum atomic E-state index is -0.0307. The van der Waals surface area contributed by atoms with Gasteiger partial charge < -0.3 is 10.6 Å². The monoisotopic (exact) mass is 290 g/mol. The molecule has 1 aromatic rings. The summed E-state index contributed by atoms with van der Waals surface area (Å²) in [6.07, 6.45) is 7.75. The van der Waals surface area contributed by atoms with Gasteiger partial charge in [-0.1, -0.05) is 20.8 Å². The lowest BCUT2D eigenvalue weighted by molar-refractivity contribution is -0.121. The Bertz CT molecular complexity index is 545. The lowest BCUT2D eigenvalue weighted by Crippen LogP contribution is -2.45. The molecule has 1 heterocycles. The Balaban J connectivity index is 1.73. The first-order valence-electron chi connectivity index (χ1n) is 7.85. The van der Waals surface area contributed by atoms with Gasteiger partial charge in [-0.2, -0.15) is 5.10 Å². The molecule has 2 bridgehead atoms. The Morgan fingerprint density at radius 2 is 2.24 bits per heavy atom. The Kier molecular flexibility index (Phi) is 3.26. The third-order valence-corrected chi connectivity index (χ3v) is 5.80. The number of carbonyl (C=O) groups excluding carboxylic acids is 1. The fourth-order valence-electron chi connectivity index (χ4n) is 4.58. The standard InChI is InChI=1S/C16H26N4O/c1-15(2)11-5-6-16(3,7-11)14(15)19-12-8-18-20(9-12)10-13(21)17-4/h8-9,11,14,19H,5-7,10H2,1-4H3,(H,17,21). The van der Waals surface area contributed by atoms with E-state index in [4.69, 9.17) is 0 Å². The van der Waals surface area contributed by atoms with E-state index >= 15 is 0 Å². The van der Waals surface area contributed by atoms with E-state index in [1.54, 1.807) is 11.7 Å². The average Bonchev–Trinajstić information content (AvgIpc) is 3.06. The molecule has 0 saturated heterocycles. The lowest BCUT2D eigenvalue weighted by Gasteiger charge is -2.43. The number of amides is 1. The van der Waals surface area contributed by atoms with Crippen LogP contribution in [0.2, 0.25) is 0 Å². The number of carbonyl (C=O) groups is 1. The summed E-state index contributed by atoms with van der Waals surface area (Å²) in [6.45, 7) is 7.45. The molecule has 5 nitrogen and oxygen atoms in total. The SMILES string of the molecule is CNC(=O)Cn1cc(NC2C3(C)CCC(C3)C2(C)C)cn1. The fourth-order valence-corrected chi connectivity index (χ4v) is 4.58. The lowest BCUT2D eigenvalue weighted by atomic mass is 9.68. The van der Waals surface area contributed by atoms with Crippen LogP contribution in [0.1, 0.15) is 40.0 Å². The normalized spacial score (nSPS) is 33.1. The Morgan fingerprint density at radius 3 is 2.86 bits per heavy atom. The summed E-state index contributed by atoms with van der Waals surface area (Å²) in [7, 11) is 1.64. The van der Waals surface area contributed by atoms with Crippen molar-refractivity contribution in [1.29, 1.82) is 0 Å². The van der Waals surface area contributed by atoms with Gasteiger partial charge in [0.1, 0.15) is 6.54 Å². The second-order valence-electron chi connectivity index (χ2n) is 7.59. The van der Waals surface area contributed by atoms with Crippen LogP contribution in [0.15, 0.2) is 12.4 Å². The summed E-state index contributed by atoms with van der Waals surface area (Å²) in [4.78, 5) is 11.4. The minimum absolute atomic E-state index is 0.0307. The smallest absolute Gasteiger partial charge is 0.241 e. The van der Waals surface area contributed by atoms with Crippen molar-refractivity contribution in [2.24, 2.45) is 16.7 Å². The molecule has 2 aliphatic rings. The molecule has 1 amide bonds. The van der Waals surface area contributed by atoms with Gasteiger partial charge in [0.05, 0.1) is 11.9 Å². The summed E-state index contributed by atoms with van der Waals surface area (Å²) in [6, 6.07) is 0.474. The molecule has 2 aliphatic carbocycles. The van der Waals surface area contributed by atoms with Gasteiger partial charge >= 0.3 is 0 Å². The van der Waals surface area contributed by atoms with Crippen LogP contribution in [0.25, 0.3) is 0 Å². The Hall–Kier alpha value is -1.52. The topological polar surface area (TPSA) is 59.0 Å². The maximum atomic E-state index is 11.4. The summed E-state index contributed by atoms with van der Waals surface area (Å²) in [5.41, 5.74) is 1.72. The highest BCUT2D eigenvalue weighted by molar-refractivity contribution is 5.75. The number of rotatable bonds is 4. The molecule has 2 N–H and O–H groups in total. The average molecular weight is 290 g/mol. The van der Waals surface area contributed by atoms with Crippen molar-refractivity contribution in [3.63, 3.8) is 0 Å². The van der Waals surface area contributed by atoms with Crippen molar-refractivity contribution in [3.8, 4) is 0 Å². The molecule has 21 heavy (non-hydrogen) atoms. The zero-order valence-corrected chi connectivity index (χ0v) is 13.4. The molecule has 2 saturated carbocycles. The van der Waals surface area contributed by atoms with Crippen LogP contribution in [0, 0.1) is 16.7 Å². The maximum absolute atomic E-state index is 11.4. The fraction of sp³-hybridized carbons (Fsp3) is 0.750. The van der Waals surface area contributed by atoms with Crippen molar-refractivity contribution >= 4 is 11.6 Å². The van der Waals surface area contributed by atoms with Gasteiger partial charge in [-0.15, -0.1) is 0 Å². The molecule has 1 aromatic heterocycles. The van der Waals surface area contributed by atoms with E-state index in [0.29, 0.717) is 16.9 Å². The van der Waals surface area contributed by atoms with Gasteiger partial charge in [0.15, 0.2) is 0 Å². The Morgan fingerprint density at radius 1 is 1.48 bits per heavy atom. The van der Waals surface area contributed by atoms with Gasteiger partial charge in [-0.05, 0) is 36.0 Å². The zero-order valence-electron chi connectivity index (χ0n) is 13.4. The van der Waals surface area contributed by atoms with Crippen LogP contribution >= 0.6 is 0 Å². The van der Waals surface area contributed by atoms with E-state index in [1.165, 1.54) is 19.3 Å². The van der Waals surface area contributed by atoms with Crippen LogP contribution in [-0.2, 0) is 11.3 Å². The van der Waals surface area contributed by atoms with Crippen molar-refractivity contribution in [2.45, 2.75) is 52.6 Å². The van der Waals surface area contributed by atoms with Crippen molar-refractivity contribution in [1.82, 2.24) is 15.1 Å². The first-order valence-corrected chi connectivity index (χ1v) is 7.85. The molecular weight excluding hydrogens is 264 g/mol. The highest BCUT2D eigenvalue weighted by Crippen LogP contribution is 2.63. The first kappa shape index (κ1) is 14.4. The number of hydrogen-bond donors (Lipinski definition) is 2. The molecular formula is C16H26N4O. The van der Waals surface area contributed by atoms with E-state index < -0.39 is 0 Å². The van der Waals surface area contributed by atoms with Crippen molar-refractivity contribution in [2.75, 3.05) is 12.4 Å². The molecule has 0 radical (unpaired) electrons. The van der Waals surface area contributed by atoms with Gasteiger partial charge in [-0.3, -0.25) is 9.48 Å². The van der Waals surface area contributed by atoms with Gasteiger partial charge in [0.2, 0.25) is 5.91 Å². The largest absolute Gasteiger partial charge is 0.379 e. The van der Waals surface area contributed by atoms with E-state index in [9.17, 15) is 4.79 Å². The number of nitrogens with one attached hydrogen (secondary N) is 2. The summed E-state index contributed by atoms with van der Waals surface area (Å²) < 4.78 is 1.68. The number of nitrogens with zero attached hydrogens (tertiary/aromatic N) is 2. The highest BCUT2D eigenvalue weighted by Gasteiger charge is 2.59. The number of hydrogen-bond acceptors (Lipinski definition) is 3. The van der Waals surface area contributed by atoms with Gasteiger partial charge in [0, 0.05) is 19.3 Å². The summed E-state index contributed by atoms with van der Waals surface area (Å²) in [5.74, 6) is 0.790. The molecule has 0 aliphatic heterocycles. The van der Waals surface area contributed by atoms with Crippen LogP contribution in [0.3, 0.4) is 0 Å². The summed E-state index contributed by atoms with van der Waals surface area (Å²) in [5, 5.41) is 10.6. The number of aromatic nitrogens is 2. The summed E-state index contributed by atoms with van der Waals surface area (Å²) >= 11 is 0. The Labute approximate surface area is 126 Å². The second-order valence-corrected chi connectivity index (χ2v) is 7.59. The number of likely N-dealkylation sites (N-methyl/N-ethyl adjacent to an activating group) is 1. The van der Waals surface area contributed by atoms with E-state index in [1.807, 2.05) is 12.4 Å². The van der Waals surface area contributed by atoms with Crippen LogP contribution in [-0.4, -0.2) is 28.8 Å². The molecule has 3 atom stereocenters. The molecule has 3 rings (SSSR count). The van der Waals surface area contributed by atoms with Crippen LogP contribution in [0.4, 0.5) is 5.69 Å². The van der Waals surface area contributed by atoms with E-state index in [0.717, 1.165) is 11.6 Å². The first-order chi connectivity index (χ1) is 9.85. The quantitative estimate of drug-likeness (QED) is 0.894. The third kappa shape index (κ3) is 2.32. The third-order valence-electron chi connectivity index (χ3n) is 5.80. The number of anilines is 1. The molecule has 116 valence electrons. The predicted molar refractivity (Wildman–Crippen MR) is 82.9 cm³/mol. The van der Waals surface area contributed by atoms with Crippen LogP contribution < -0.4 is 10.6 Å².